The normalized spacial score (nSPS) is 14.5. The van der Waals surface area contributed by atoms with E-state index in [1.807, 2.05) is 6.92 Å². The van der Waals surface area contributed by atoms with Gasteiger partial charge >= 0.3 is 5.97 Å². The minimum Gasteiger partial charge on any atom is -0.490 e. The molecule has 0 radical (unpaired) electrons. The predicted molar refractivity (Wildman–Crippen MR) is 113 cm³/mol. The Morgan fingerprint density at radius 2 is 2.03 bits per heavy atom. The second-order valence-corrected chi connectivity index (χ2v) is 6.90. The van der Waals surface area contributed by atoms with Gasteiger partial charge in [0.1, 0.15) is 12.4 Å². The minimum absolute atomic E-state index is 0.0902. The summed E-state index contributed by atoms with van der Waals surface area (Å²) in [7, 11) is 0. The summed E-state index contributed by atoms with van der Waals surface area (Å²) >= 11 is 6.42. The van der Waals surface area contributed by atoms with Gasteiger partial charge in [0, 0.05) is 0 Å². The number of hydrogen-bond acceptors (Lipinski definition) is 6. The Hall–Kier alpha value is -3.58. The zero-order valence-electron chi connectivity index (χ0n) is 16.4. The molecule has 0 N–H and O–H groups in total. The third-order valence-corrected chi connectivity index (χ3v) is 4.54. The number of nitrogens with zero attached hydrogens (tertiary/aromatic N) is 1. The van der Waals surface area contributed by atoms with Crippen LogP contribution < -0.4 is 9.47 Å². The van der Waals surface area contributed by atoms with Crippen LogP contribution in [0.4, 0.5) is 4.39 Å². The molecule has 0 saturated carbocycles. The summed E-state index contributed by atoms with van der Waals surface area (Å²) in [5, 5.41) is 0.274. The van der Waals surface area contributed by atoms with Gasteiger partial charge in [0.25, 0.3) is 5.90 Å². The minimum atomic E-state index is -0.605. The molecule has 31 heavy (non-hydrogen) atoms. The molecule has 0 aliphatic carbocycles. The molecule has 8 heteroatoms. The largest absolute Gasteiger partial charge is 0.490 e. The summed E-state index contributed by atoms with van der Waals surface area (Å²) in [4.78, 5) is 16.3. The zero-order chi connectivity index (χ0) is 21.8. The van der Waals surface area contributed by atoms with Crippen LogP contribution >= 0.6 is 11.6 Å². The number of carbonyl (C=O) groups excluding carboxylic acids is 1. The average Bonchev–Trinajstić information content (AvgIpc) is 3.38. The number of benzene rings is 2. The summed E-state index contributed by atoms with van der Waals surface area (Å²) < 4.78 is 35.2. The van der Waals surface area contributed by atoms with E-state index >= 15 is 0 Å². The van der Waals surface area contributed by atoms with Crippen molar-refractivity contribution < 1.29 is 27.8 Å². The lowest BCUT2D eigenvalue weighted by Gasteiger charge is -2.14. The lowest BCUT2D eigenvalue weighted by atomic mass is 10.1. The number of aliphatic imine (C=N–C) groups is 1. The van der Waals surface area contributed by atoms with Gasteiger partial charge in [-0.2, -0.15) is 0 Å². The van der Waals surface area contributed by atoms with Crippen molar-refractivity contribution in [3.05, 3.63) is 88.2 Å². The number of cyclic esters (lactones) is 1. The first-order valence-corrected chi connectivity index (χ1v) is 9.81. The fraction of sp³-hybridized carbons (Fsp3) is 0.130. The predicted octanol–water partition coefficient (Wildman–Crippen LogP) is 5.39. The number of ether oxygens (including phenoxy) is 3. The fourth-order valence-electron chi connectivity index (χ4n) is 2.93. The first-order chi connectivity index (χ1) is 15.0. The summed E-state index contributed by atoms with van der Waals surface area (Å²) in [6, 6.07) is 12.7. The molecule has 3 aromatic rings. The molecule has 2 aromatic carbocycles. The highest BCUT2D eigenvalue weighted by Gasteiger charge is 2.26. The maximum Gasteiger partial charge on any atom is 0.363 e. The van der Waals surface area contributed by atoms with E-state index in [-0.39, 0.29) is 29.0 Å². The third-order valence-electron chi connectivity index (χ3n) is 4.26. The average molecular weight is 442 g/mol. The smallest absolute Gasteiger partial charge is 0.363 e. The monoisotopic (exact) mass is 441 g/mol. The Morgan fingerprint density at radius 1 is 1.16 bits per heavy atom. The van der Waals surface area contributed by atoms with E-state index in [4.69, 9.17) is 30.2 Å². The van der Waals surface area contributed by atoms with Gasteiger partial charge in [-0.15, -0.1) is 0 Å². The van der Waals surface area contributed by atoms with Crippen LogP contribution in [0.2, 0.25) is 5.02 Å². The molecule has 0 saturated heterocycles. The van der Waals surface area contributed by atoms with E-state index in [0.29, 0.717) is 35.0 Å². The Labute approximate surface area is 182 Å². The molecule has 1 aromatic heterocycles. The quantitative estimate of drug-likeness (QED) is 0.363. The Balaban J connectivity index is 1.61. The SMILES string of the molecule is CCOc1cc(/C=C2\N=C(c3ccco3)OC2=O)cc(Cl)c1OCc1cccc(F)c1. The lowest BCUT2D eigenvalue weighted by Crippen LogP contribution is -2.04. The summed E-state index contributed by atoms with van der Waals surface area (Å²) in [6.45, 7) is 2.31. The van der Waals surface area contributed by atoms with Gasteiger partial charge in [-0.05, 0) is 60.5 Å². The third kappa shape index (κ3) is 4.78. The van der Waals surface area contributed by atoms with Crippen LogP contribution in [-0.4, -0.2) is 18.5 Å². The lowest BCUT2D eigenvalue weighted by molar-refractivity contribution is -0.130. The van der Waals surface area contributed by atoms with E-state index in [9.17, 15) is 9.18 Å². The standard InChI is InChI=1S/C23H17ClFNO5/c1-2-28-20-12-15(11-18-23(27)31-22(26-18)19-7-4-8-29-19)10-17(24)21(20)30-13-14-5-3-6-16(25)9-14/h3-12H,2,13H2,1H3/b18-11-. The van der Waals surface area contributed by atoms with Crippen molar-refractivity contribution in [2.45, 2.75) is 13.5 Å². The number of halogens is 2. The molecule has 1 aliphatic heterocycles. The van der Waals surface area contributed by atoms with Crippen molar-refractivity contribution in [1.82, 2.24) is 0 Å². The van der Waals surface area contributed by atoms with Gasteiger partial charge in [-0.25, -0.2) is 14.2 Å². The first kappa shape index (κ1) is 20.7. The van der Waals surface area contributed by atoms with Crippen molar-refractivity contribution in [3.8, 4) is 11.5 Å². The van der Waals surface area contributed by atoms with Gasteiger partial charge in [-0.3, -0.25) is 0 Å². The van der Waals surface area contributed by atoms with Gasteiger partial charge in [0.15, 0.2) is 23.0 Å². The Kier molecular flexibility index (Phi) is 6.04. The van der Waals surface area contributed by atoms with Crippen molar-refractivity contribution in [2.75, 3.05) is 6.61 Å². The second kappa shape index (κ2) is 9.06. The highest BCUT2D eigenvalue weighted by molar-refractivity contribution is 6.32. The molecule has 0 spiro atoms. The van der Waals surface area contributed by atoms with Crippen LogP contribution in [0.5, 0.6) is 11.5 Å². The van der Waals surface area contributed by atoms with Gasteiger partial charge in [-0.1, -0.05) is 23.7 Å². The van der Waals surface area contributed by atoms with Crippen LogP contribution in [-0.2, 0) is 16.1 Å². The summed E-state index contributed by atoms with van der Waals surface area (Å²) in [5.74, 6) is 0.200. The maximum atomic E-state index is 13.4. The molecule has 0 amide bonds. The first-order valence-electron chi connectivity index (χ1n) is 9.43. The van der Waals surface area contributed by atoms with E-state index in [1.165, 1.54) is 24.5 Å². The van der Waals surface area contributed by atoms with E-state index in [2.05, 4.69) is 4.99 Å². The molecule has 158 valence electrons. The van der Waals surface area contributed by atoms with E-state index in [0.717, 1.165) is 0 Å². The van der Waals surface area contributed by atoms with Crippen LogP contribution in [0.15, 0.2) is 69.9 Å². The van der Waals surface area contributed by atoms with Crippen molar-refractivity contribution in [2.24, 2.45) is 4.99 Å². The number of furan rings is 1. The molecule has 0 bridgehead atoms. The summed E-state index contributed by atoms with van der Waals surface area (Å²) in [6.07, 6.45) is 2.99. The number of carbonyl (C=O) groups is 1. The zero-order valence-corrected chi connectivity index (χ0v) is 17.2. The molecule has 0 unspecified atom stereocenters. The Morgan fingerprint density at radius 3 is 2.77 bits per heavy atom. The summed E-state index contributed by atoms with van der Waals surface area (Å²) in [5.41, 5.74) is 1.32. The molecular weight excluding hydrogens is 425 g/mol. The molecular formula is C23H17ClFNO5. The van der Waals surface area contributed by atoms with Crippen LogP contribution in [0, 0.1) is 5.82 Å². The molecule has 6 nitrogen and oxygen atoms in total. The highest BCUT2D eigenvalue weighted by Crippen LogP contribution is 2.38. The van der Waals surface area contributed by atoms with Crippen molar-refractivity contribution in [1.29, 1.82) is 0 Å². The number of rotatable bonds is 7. The van der Waals surface area contributed by atoms with Crippen LogP contribution in [0.1, 0.15) is 23.8 Å². The van der Waals surface area contributed by atoms with E-state index < -0.39 is 5.97 Å². The highest BCUT2D eigenvalue weighted by atomic mass is 35.5. The van der Waals surface area contributed by atoms with Gasteiger partial charge < -0.3 is 18.6 Å². The fourth-order valence-corrected chi connectivity index (χ4v) is 3.20. The molecule has 1 aliphatic rings. The maximum absolute atomic E-state index is 13.4. The molecule has 4 rings (SSSR count). The van der Waals surface area contributed by atoms with Crippen molar-refractivity contribution in [3.63, 3.8) is 0 Å². The molecule has 0 fully saturated rings. The number of hydrogen-bond donors (Lipinski definition) is 0. The van der Waals surface area contributed by atoms with Gasteiger partial charge in [0.2, 0.25) is 0 Å². The molecule has 0 atom stereocenters. The Bertz CT molecular complexity index is 1170. The van der Waals surface area contributed by atoms with E-state index in [1.54, 1.807) is 36.4 Å². The second-order valence-electron chi connectivity index (χ2n) is 6.49. The van der Waals surface area contributed by atoms with Crippen LogP contribution in [0.25, 0.3) is 6.08 Å². The molecule has 2 heterocycles. The number of esters is 1. The van der Waals surface area contributed by atoms with Crippen LogP contribution in [0.3, 0.4) is 0 Å². The topological polar surface area (TPSA) is 70.3 Å². The van der Waals surface area contributed by atoms with Gasteiger partial charge in [0.05, 0.1) is 17.9 Å². The van der Waals surface area contributed by atoms with Crippen molar-refractivity contribution >= 4 is 29.5 Å².